The van der Waals surface area contributed by atoms with Gasteiger partial charge in [0.15, 0.2) is 0 Å². The van der Waals surface area contributed by atoms with Crippen molar-refractivity contribution in [1.29, 1.82) is 0 Å². The summed E-state index contributed by atoms with van der Waals surface area (Å²) in [5.74, 6) is 0.0667. The Bertz CT molecular complexity index is 842. The van der Waals surface area contributed by atoms with Crippen molar-refractivity contribution in [3.63, 3.8) is 0 Å². The van der Waals surface area contributed by atoms with E-state index in [4.69, 9.17) is 4.52 Å². The second-order valence-corrected chi connectivity index (χ2v) is 7.58. The summed E-state index contributed by atoms with van der Waals surface area (Å²) in [4.78, 5) is 17.2. The monoisotopic (exact) mass is 354 g/mol. The maximum atomic E-state index is 13.2. The van der Waals surface area contributed by atoms with Crippen LogP contribution in [-0.2, 0) is 0 Å². The molecule has 0 saturated carbocycles. The molecule has 25 heavy (non-hydrogen) atoms. The van der Waals surface area contributed by atoms with Crippen LogP contribution in [0.25, 0.3) is 21.0 Å². The van der Waals surface area contributed by atoms with Gasteiger partial charge in [0.1, 0.15) is 12.0 Å². The van der Waals surface area contributed by atoms with Crippen LogP contribution in [0.3, 0.4) is 0 Å². The Kier molecular flexibility index (Phi) is 5.04. The summed E-state index contributed by atoms with van der Waals surface area (Å²) in [6.07, 6.45) is 1.56. The maximum Gasteiger partial charge on any atom is 0.254 e. The summed E-state index contributed by atoms with van der Waals surface area (Å²) in [5.41, 5.74) is 2.50. The van der Waals surface area contributed by atoms with Gasteiger partial charge in [-0.05, 0) is 45.9 Å². The van der Waals surface area contributed by atoms with Gasteiger partial charge in [-0.15, -0.1) is 11.3 Å². The Morgan fingerprint density at radius 3 is 2.32 bits per heavy atom. The van der Waals surface area contributed by atoms with Crippen molar-refractivity contribution in [2.24, 2.45) is 0 Å². The second kappa shape index (κ2) is 7.23. The van der Waals surface area contributed by atoms with Crippen LogP contribution < -0.4 is 0 Å². The summed E-state index contributed by atoms with van der Waals surface area (Å²) in [6, 6.07) is 14.0. The molecule has 0 spiro atoms. The fourth-order valence-electron chi connectivity index (χ4n) is 3.05. The van der Waals surface area contributed by atoms with Crippen molar-refractivity contribution in [3.8, 4) is 21.0 Å². The van der Waals surface area contributed by atoms with Gasteiger partial charge in [0.05, 0.1) is 4.88 Å². The van der Waals surface area contributed by atoms with Crippen LogP contribution in [0.5, 0.6) is 0 Å². The molecular formula is C20H22N2O2S. The van der Waals surface area contributed by atoms with Crippen molar-refractivity contribution in [1.82, 2.24) is 10.1 Å². The van der Waals surface area contributed by atoms with Gasteiger partial charge in [0.2, 0.25) is 0 Å². The van der Waals surface area contributed by atoms with Crippen LogP contribution in [0, 0.1) is 0 Å². The highest BCUT2D eigenvalue weighted by Crippen LogP contribution is 2.36. The number of aromatic nitrogens is 1. The molecule has 0 fully saturated rings. The average molecular weight is 354 g/mol. The van der Waals surface area contributed by atoms with E-state index < -0.39 is 0 Å². The predicted octanol–water partition coefficient (Wildman–Crippen LogP) is 5.33. The van der Waals surface area contributed by atoms with Crippen LogP contribution in [0.1, 0.15) is 38.1 Å². The highest BCUT2D eigenvalue weighted by molar-refractivity contribution is 7.18. The van der Waals surface area contributed by atoms with E-state index in [-0.39, 0.29) is 18.0 Å². The van der Waals surface area contributed by atoms with Gasteiger partial charge >= 0.3 is 0 Å². The normalized spacial score (nSPS) is 11.3. The lowest BCUT2D eigenvalue weighted by Crippen LogP contribution is -2.42. The van der Waals surface area contributed by atoms with Crippen molar-refractivity contribution >= 4 is 17.2 Å². The number of thiophene rings is 1. The van der Waals surface area contributed by atoms with Gasteiger partial charge in [-0.25, -0.2) is 0 Å². The minimum absolute atomic E-state index is 0.0667. The first-order valence-electron chi connectivity index (χ1n) is 8.41. The Balaban J connectivity index is 2.01. The predicted molar refractivity (Wildman–Crippen MR) is 102 cm³/mol. The molecule has 0 aliphatic carbocycles. The molecule has 2 heterocycles. The van der Waals surface area contributed by atoms with Crippen molar-refractivity contribution in [2.75, 3.05) is 0 Å². The first kappa shape index (κ1) is 17.4. The Labute approximate surface area is 152 Å². The van der Waals surface area contributed by atoms with Crippen molar-refractivity contribution in [2.45, 2.75) is 39.8 Å². The molecule has 0 atom stereocenters. The van der Waals surface area contributed by atoms with Crippen molar-refractivity contribution in [3.05, 3.63) is 54.3 Å². The highest BCUT2D eigenvalue weighted by Gasteiger charge is 2.24. The smallest absolute Gasteiger partial charge is 0.254 e. The summed E-state index contributed by atoms with van der Waals surface area (Å²) >= 11 is 1.61. The fourth-order valence-corrected chi connectivity index (χ4v) is 4.06. The number of benzene rings is 1. The average Bonchev–Trinajstić information content (AvgIpc) is 3.25. The zero-order valence-corrected chi connectivity index (χ0v) is 15.7. The van der Waals surface area contributed by atoms with Gasteiger partial charge in [0, 0.05) is 34.2 Å². The third kappa shape index (κ3) is 3.51. The van der Waals surface area contributed by atoms with Gasteiger partial charge in [-0.3, -0.25) is 4.79 Å². The lowest BCUT2D eigenvalue weighted by atomic mass is 10.0. The molecule has 130 valence electrons. The zero-order valence-electron chi connectivity index (χ0n) is 14.9. The molecule has 0 aliphatic heterocycles. The number of rotatable bonds is 5. The van der Waals surface area contributed by atoms with E-state index in [0.717, 1.165) is 26.6 Å². The minimum atomic E-state index is 0.0667. The number of hydrogen-bond donors (Lipinski definition) is 0. The number of amides is 1. The molecule has 1 amide bonds. The van der Waals surface area contributed by atoms with E-state index in [0.29, 0.717) is 0 Å². The van der Waals surface area contributed by atoms with E-state index in [1.54, 1.807) is 17.6 Å². The lowest BCUT2D eigenvalue weighted by molar-refractivity contribution is 0.0644. The SMILES string of the molecule is CC(C)N(C(=O)c1ccccc1-c1ccc(-c2ccon2)s1)C(C)C. The van der Waals surface area contributed by atoms with Gasteiger partial charge in [-0.2, -0.15) is 0 Å². The van der Waals surface area contributed by atoms with E-state index in [1.165, 1.54) is 0 Å². The van der Waals surface area contributed by atoms with Crippen LogP contribution in [0.15, 0.2) is 53.3 Å². The molecule has 2 aromatic heterocycles. The van der Waals surface area contributed by atoms with Crippen LogP contribution in [0.2, 0.25) is 0 Å². The fraction of sp³-hybridized carbons (Fsp3) is 0.300. The third-order valence-electron chi connectivity index (χ3n) is 4.07. The molecule has 4 nitrogen and oxygen atoms in total. The molecular weight excluding hydrogens is 332 g/mol. The lowest BCUT2D eigenvalue weighted by Gasteiger charge is -2.31. The summed E-state index contributed by atoms with van der Waals surface area (Å²) < 4.78 is 4.93. The largest absolute Gasteiger partial charge is 0.364 e. The Morgan fingerprint density at radius 1 is 1.00 bits per heavy atom. The topological polar surface area (TPSA) is 46.3 Å². The van der Waals surface area contributed by atoms with E-state index in [1.807, 2.05) is 75.1 Å². The quantitative estimate of drug-likeness (QED) is 0.622. The number of carbonyl (C=O) groups is 1. The standard InChI is InChI=1S/C20H22N2O2S/c1-13(2)22(14(3)4)20(23)16-8-6-5-7-15(16)18-9-10-19(25-18)17-11-12-24-21-17/h5-14H,1-4H3. The van der Waals surface area contributed by atoms with Crippen LogP contribution in [0.4, 0.5) is 0 Å². The molecule has 0 N–H and O–H groups in total. The molecule has 5 heteroatoms. The van der Waals surface area contributed by atoms with Gasteiger partial charge < -0.3 is 9.42 Å². The zero-order chi connectivity index (χ0) is 18.0. The van der Waals surface area contributed by atoms with E-state index in [9.17, 15) is 4.79 Å². The minimum Gasteiger partial charge on any atom is -0.364 e. The summed E-state index contributed by atoms with van der Waals surface area (Å²) in [6.45, 7) is 8.20. The molecule has 0 bridgehead atoms. The first-order chi connectivity index (χ1) is 12.0. The number of carbonyl (C=O) groups excluding carboxylic acids is 1. The number of nitrogens with zero attached hydrogens (tertiary/aromatic N) is 2. The molecule has 0 unspecified atom stereocenters. The third-order valence-corrected chi connectivity index (χ3v) is 5.21. The van der Waals surface area contributed by atoms with Gasteiger partial charge in [0.25, 0.3) is 5.91 Å². The molecule has 3 aromatic rings. The summed E-state index contributed by atoms with van der Waals surface area (Å²) in [5, 5.41) is 3.99. The maximum absolute atomic E-state index is 13.2. The first-order valence-corrected chi connectivity index (χ1v) is 9.23. The van der Waals surface area contributed by atoms with E-state index in [2.05, 4.69) is 5.16 Å². The van der Waals surface area contributed by atoms with E-state index >= 15 is 0 Å². The molecule has 0 aliphatic rings. The molecule has 0 saturated heterocycles. The van der Waals surface area contributed by atoms with Crippen LogP contribution in [-0.4, -0.2) is 28.0 Å². The molecule has 1 aromatic carbocycles. The van der Waals surface area contributed by atoms with Crippen molar-refractivity contribution < 1.29 is 9.32 Å². The Morgan fingerprint density at radius 2 is 1.68 bits per heavy atom. The summed E-state index contributed by atoms with van der Waals surface area (Å²) in [7, 11) is 0. The second-order valence-electron chi connectivity index (χ2n) is 6.49. The molecule has 0 radical (unpaired) electrons. The van der Waals surface area contributed by atoms with Crippen LogP contribution >= 0.6 is 11.3 Å². The number of hydrogen-bond acceptors (Lipinski definition) is 4. The Hall–Kier alpha value is -2.40. The highest BCUT2D eigenvalue weighted by atomic mass is 32.1. The van der Waals surface area contributed by atoms with Gasteiger partial charge in [-0.1, -0.05) is 23.4 Å². The molecule has 3 rings (SSSR count).